The smallest absolute Gasteiger partial charge is 0.133 e. The summed E-state index contributed by atoms with van der Waals surface area (Å²) in [6.45, 7) is 7.64. The normalized spacial score (nSPS) is 11.6. The molecule has 0 amide bonds. The van der Waals surface area contributed by atoms with Gasteiger partial charge < -0.3 is 10.2 Å². The molecule has 0 heterocycles. The summed E-state index contributed by atoms with van der Waals surface area (Å²) in [6, 6.07) is 3.22. The van der Waals surface area contributed by atoms with E-state index in [1.165, 1.54) is 12.1 Å². The molecule has 0 aromatic heterocycles. The van der Waals surface area contributed by atoms with E-state index in [1.54, 1.807) is 6.92 Å². The van der Waals surface area contributed by atoms with Crippen LogP contribution in [0, 0.1) is 18.6 Å². The summed E-state index contributed by atoms with van der Waals surface area (Å²) < 4.78 is 27.3. The van der Waals surface area contributed by atoms with Crippen LogP contribution in [0.2, 0.25) is 0 Å². The van der Waals surface area contributed by atoms with Crippen molar-refractivity contribution >= 4 is 0 Å². The highest BCUT2D eigenvalue weighted by Crippen LogP contribution is 2.17. The predicted octanol–water partition coefficient (Wildman–Crippen LogP) is 2.70. The van der Waals surface area contributed by atoms with Crippen LogP contribution in [-0.2, 0) is 6.54 Å². The van der Waals surface area contributed by atoms with Crippen molar-refractivity contribution < 1.29 is 8.78 Å². The number of likely N-dealkylation sites (N-methyl/N-ethyl adjacent to an activating group) is 1. The largest absolute Gasteiger partial charge is 0.313 e. The van der Waals surface area contributed by atoms with Gasteiger partial charge in [-0.3, -0.25) is 0 Å². The number of nitrogens with one attached hydrogen (secondary N) is 1. The van der Waals surface area contributed by atoms with Crippen LogP contribution < -0.4 is 5.32 Å². The Morgan fingerprint density at radius 3 is 2.56 bits per heavy atom. The van der Waals surface area contributed by atoms with Crippen molar-refractivity contribution in [1.29, 1.82) is 0 Å². The van der Waals surface area contributed by atoms with Crippen molar-refractivity contribution in [1.82, 2.24) is 10.2 Å². The number of aryl methyl sites for hydroxylation is 1. The molecule has 102 valence electrons. The lowest BCUT2D eigenvalue weighted by Gasteiger charge is -2.19. The summed E-state index contributed by atoms with van der Waals surface area (Å²) in [5.74, 6) is -0.902. The maximum Gasteiger partial charge on any atom is 0.133 e. The molecule has 0 unspecified atom stereocenters. The predicted molar refractivity (Wildman–Crippen MR) is 70.6 cm³/mol. The topological polar surface area (TPSA) is 15.3 Å². The molecule has 4 heteroatoms. The summed E-state index contributed by atoms with van der Waals surface area (Å²) >= 11 is 0. The first-order chi connectivity index (χ1) is 8.41. The van der Waals surface area contributed by atoms with Crippen LogP contribution >= 0.6 is 0 Å². The highest BCUT2D eigenvalue weighted by molar-refractivity contribution is 5.26. The average Bonchev–Trinajstić information content (AvgIpc) is 2.29. The van der Waals surface area contributed by atoms with E-state index in [0.717, 1.165) is 13.1 Å². The Morgan fingerprint density at radius 2 is 1.94 bits per heavy atom. The Bertz CT molecular complexity index is 392. The van der Waals surface area contributed by atoms with Crippen LogP contribution in [0.1, 0.15) is 25.0 Å². The second-order valence-corrected chi connectivity index (χ2v) is 5.00. The Kier molecular flexibility index (Phi) is 5.69. The van der Waals surface area contributed by atoms with Gasteiger partial charge in [-0.05, 0) is 25.6 Å². The van der Waals surface area contributed by atoms with Gasteiger partial charge in [0.15, 0.2) is 0 Å². The second-order valence-electron chi connectivity index (χ2n) is 5.00. The molecule has 1 aromatic carbocycles. The van der Waals surface area contributed by atoms with E-state index < -0.39 is 11.6 Å². The maximum absolute atomic E-state index is 13.8. The second kappa shape index (κ2) is 6.81. The van der Waals surface area contributed by atoms with Crippen LogP contribution in [0.5, 0.6) is 0 Å². The molecule has 1 N–H and O–H groups in total. The molecule has 0 spiro atoms. The Morgan fingerprint density at radius 1 is 1.28 bits per heavy atom. The molecule has 0 saturated heterocycles. The van der Waals surface area contributed by atoms with Crippen molar-refractivity contribution in [2.24, 2.45) is 0 Å². The number of rotatable bonds is 6. The van der Waals surface area contributed by atoms with E-state index in [2.05, 4.69) is 19.2 Å². The molecule has 1 aromatic rings. The summed E-state index contributed by atoms with van der Waals surface area (Å²) in [4.78, 5) is 1.91. The zero-order chi connectivity index (χ0) is 13.7. The fraction of sp³-hybridized carbons (Fsp3) is 0.571. The number of hydrogen-bond donors (Lipinski definition) is 1. The first-order valence-corrected chi connectivity index (χ1v) is 6.27. The molecule has 0 radical (unpaired) electrons. The molecular weight excluding hydrogens is 234 g/mol. The molecular formula is C14H22F2N2. The molecule has 0 atom stereocenters. The first kappa shape index (κ1) is 15.1. The lowest BCUT2D eigenvalue weighted by atomic mass is 10.1. The molecule has 1 rings (SSSR count). The number of benzene rings is 1. The van der Waals surface area contributed by atoms with Crippen LogP contribution in [-0.4, -0.2) is 31.1 Å². The van der Waals surface area contributed by atoms with Gasteiger partial charge in [0, 0.05) is 31.2 Å². The van der Waals surface area contributed by atoms with Gasteiger partial charge in [-0.1, -0.05) is 19.9 Å². The molecule has 0 aliphatic heterocycles. The Labute approximate surface area is 108 Å². The van der Waals surface area contributed by atoms with Gasteiger partial charge in [-0.2, -0.15) is 0 Å². The lowest BCUT2D eigenvalue weighted by Crippen LogP contribution is -2.33. The minimum atomic E-state index is -0.471. The molecule has 0 aliphatic carbocycles. The summed E-state index contributed by atoms with van der Waals surface area (Å²) in [7, 11) is 1.86. The van der Waals surface area contributed by atoms with Gasteiger partial charge in [0.1, 0.15) is 11.6 Å². The minimum Gasteiger partial charge on any atom is -0.313 e. The highest BCUT2D eigenvalue weighted by Gasteiger charge is 2.13. The standard InChI is InChI=1S/C14H22F2N2/c1-10(2)17-7-8-18(4)9-12-13(15)6-5-11(3)14(12)16/h5-6,10,17H,7-9H2,1-4H3. The van der Waals surface area contributed by atoms with E-state index in [0.29, 0.717) is 18.2 Å². The minimum absolute atomic E-state index is 0.155. The molecule has 0 fully saturated rings. The summed E-state index contributed by atoms with van der Waals surface area (Å²) in [5.41, 5.74) is 0.641. The Hall–Kier alpha value is -1.00. The van der Waals surface area contributed by atoms with Gasteiger partial charge in [0.05, 0.1) is 0 Å². The van der Waals surface area contributed by atoms with Crippen molar-refractivity contribution in [3.05, 3.63) is 34.9 Å². The van der Waals surface area contributed by atoms with E-state index in [9.17, 15) is 8.78 Å². The van der Waals surface area contributed by atoms with Gasteiger partial charge >= 0.3 is 0 Å². The van der Waals surface area contributed by atoms with E-state index in [4.69, 9.17) is 0 Å². The zero-order valence-corrected chi connectivity index (χ0v) is 11.6. The fourth-order valence-electron chi connectivity index (χ4n) is 1.75. The van der Waals surface area contributed by atoms with Gasteiger partial charge in [-0.15, -0.1) is 0 Å². The van der Waals surface area contributed by atoms with Crippen LogP contribution in [0.15, 0.2) is 12.1 Å². The lowest BCUT2D eigenvalue weighted by molar-refractivity contribution is 0.309. The third-order valence-electron chi connectivity index (χ3n) is 2.85. The molecule has 2 nitrogen and oxygen atoms in total. The fourth-order valence-corrected chi connectivity index (χ4v) is 1.75. The van der Waals surface area contributed by atoms with E-state index in [-0.39, 0.29) is 5.56 Å². The zero-order valence-electron chi connectivity index (χ0n) is 11.6. The number of hydrogen-bond acceptors (Lipinski definition) is 2. The first-order valence-electron chi connectivity index (χ1n) is 6.27. The third kappa shape index (κ3) is 4.35. The van der Waals surface area contributed by atoms with Crippen molar-refractivity contribution in [2.45, 2.75) is 33.4 Å². The molecule has 0 bridgehead atoms. The Balaban J connectivity index is 2.59. The van der Waals surface area contributed by atoms with Crippen LogP contribution in [0.25, 0.3) is 0 Å². The van der Waals surface area contributed by atoms with Crippen molar-refractivity contribution in [3.8, 4) is 0 Å². The monoisotopic (exact) mass is 256 g/mol. The number of nitrogens with zero attached hydrogens (tertiary/aromatic N) is 1. The molecule has 0 saturated carbocycles. The summed E-state index contributed by atoms with van der Waals surface area (Å²) in [5, 5.41) is 3.27. The molecule has 0 aliphatic rings. The van der Waals surface area contributed by atoms with Crippen LogP contribution in [0.4, 0.5) is 8.78 Å². The van der Waals surface area contributed by atoms with E-state index in [1.807, 2.05) is 11.9 Å². The summed E-state index contributed by atoms with van der Waals surface area (Å²) in [6.07, 6.45) is 0. The van der Waals surface area contributed by atoms with Gasteiger partial charge in [0.2, 0.25) is 0 Å². The van der Waals surface area contributed by atoms with Crippen molar-refractivity contribution in [3.63, 3.8) is 0 Å². The van der Waals surface area contributed by atoms with Crippen LogP contribution in [0.3, 0.4) is 0 Å². The quantitative estimate of drug-likeness (QED) is 0.842. The van der Waals surface area contributed by atoms with Gasteiger partial charge in [-0.25, -0.2) is 8.78 Å². The molecule has 18 heavy (non-hydrogen) atoms. The number of halogens is 2. The highest BCUT2D eigenvalue weighted by atomic mass is 19.1. The third-order valence-corrected chi connectivity index (χ3v) is 2.85. The van der Waals surface area contributed by atoms with Crippen molar-refractivity contribution in [2.75, 3.05) is 20.1 Å². The maximum atomic E-state index is 13.8. The van der Waals surface area contributed by atoms with Gasteiger partial charge in [0.25, 0.3) is 0 Å². The van der Waals surface area contributed by atoms with E-state index >= 15 is 0 Å². The average molecular weight is 256 g/mol. The SMILES string of the molecule is Cc1ccc(F)c(CN(C)CCNC(C)C)c1F.